The molecule has 5 rings (SSSR count). The van der Waals surface area contributed by atoms with Crippen molar-refractivity contribution in [2.24, 2.45) is 0 Å². The van der Waals surface area contributed by atoms with Crippen molar-refractivity contribution >= 4 is 44.9 Å². The van der Waals surface area contributed by atoms with Crippen molar-refractivity contribution < 1.29 is 14.6 Å². The van der Waals surface area contributed by atoms with Crippen LogP contribution in [0.4, 0.5) is 5.69 Å². The Labute approximate surface area is 197 Å². The molecule has 0 saturated heterocycles. The van der Waals surface area contributed by atoms with Gasteiger partial charge < -0.3 is 25.0 Å². The molecule has 1 aliphatic rings. The summed E-state index contributed by atoms with van der Waals surface area (Å²) in [4.78, 5) is 18.6. The topological polar surface area (TPSA) is 77.6 Å². The molecule has 3 aromatic carbocycles. The number of aromatic amines is 1. The van der Waals surface area contributed by atoms with Crippen LogP contribution in [0, 0.1) is 0 Å². The first-order chi connectivity index (χ1) is 16.0. The molecule has 0 aliphatic carbocycles. The molecule has 33 heavy (non-hydrogen) atoms. The Morgan fingerprint density at radius 3 is 2.79 bits per heavy atom. The SMILES string of the molecule is CNCCOc1ccc2[nH]c(C(=O)N3C[C@@H](C(C)Cl)c4c3cc(O)c3ccccc43)cc2c1. The number of phenols is 1. The van der Waals surface area contributed by atoms with Gasteiger partial charge in [0.15, 0.2) is 0 Å². The fourth-order valence-corrected chi connectivity index (χ4v) is 4.87. The van der Waals surface area contributed by atoms with Crippen LogP contribution in [0.15, 0.2) is 54.6 Å². The molecule has 0 bridgehead atoms. The molecule has 7 heteroatoms. The van der Waals surface area contributed by atoms with Crippen molar-refractivity contribution in [2.75, 3.05) is 31.6 Å². The Morgan fingerprint density at radius 2 is 2.03 bits per heavy atom. The number of carbonyl (C=O) groups is 1. The predicted octanol–water partition coefficient (Wildman–Crippen LogP) is 5.00. The first-order valence-corrected chi connectivity index (χ1v) is 11.5. The third-order valence-electron chi connectivity index (χ3n) is 6.33. The van der Waals surface area contributed by atoms with Gasteiger partial charge in [-0.3, -0.25) is 4.79 Å². The van der Waals surface area contributed by atoms with E-state index in [4.69, 9.17) is 16.3 Å². The van der Waals surface area contributed by atoms with E-state index in [1.165, 1.54) is 0 Å². The Balaban J connectivity index is 1.53. The molecule has 6 nitrogen and oxygen atoms in total. The summed E-state index contributed by atoms with van der Waals surface area (Å²) in [6.07, 6.45) is 0. The molecule has 170 valence electrons. The Bertz CT molecular complexity index is 1350. The molecular formula is C26H26ClN3O3. The summed E-state index contributed by atoms with van der Waals surface area (Å²) in [5.74, 6) is 0.729. The lowest BCUT2D eigenvalue weighted by Crippen LogP contribution is -2.31. The number of anilines is 1. The molecule has 1 aromatic heterocycles. The number of ether oxygens (including phenoxy) is 1. The van der Waals surface area contributed by atoms with Gasteiger partial charge in [0.05, 0.1) is 5.69 Å². The number of hydrogen-bond acceptors (Lipinski definition) is 4. The van der Waals surface area contributed by atoms with Crippen molar-refractivity contribution in [3.63, 3.8) is 0 Å². The molecule has 3 N–H and O–H groups in total. The van der Waals surface area contributed by atoms with Gasteiger partial charge in [-0.1, -0.05) is 24.3 Å². The van der Waals surface area contributed by atoms with E-state index in [-0.39, 0.29) is 23.0 Å². The van der Waals surface area contributed by atoms with Crippen LogP contribution < -0.4 is 15.0 Å². The maximum Gasteiger partial charge on any atom is 0.274 e. The van der Waals surface area contributed by atoms with E-state index < -0.39 is 0 Å². The number of nitrogens with zero attached hydrogens (tertiary/aromatic N) is 1. The number of phenolic OH excluding ortho intramolecular Hbond substituents is 1. The van der Waals surface area contributed by atoms with Gasteiger partial charge >= 0.3 is 0 Å². The summed E-state index contributed by atoms with van der Waals surface area (Å²) in [5, 5.41) is 16.2. The van der Waals surface area contributed by atoms with Crippen LogP contribution in [0.1, 0.15) is 28.9 Å². The summed E-state index contributed by atoms with van der Waals surface area (Å²) in [5.41, 5.74) is 3.07. The van der Waals surface area contributed by atoms with E-state index in [1.54, 1.807) is 11.0 Å². The summed E-state index contributed by atoms with van der Waals surface area (Å²) < 4.78 is 5.75. The standard InChI is InChI=1S/C26H26ClN3O3/c1-15(27)20-14-30(23-13-24(31)18-5-3-4-6-19(18)25(20)23)26(32)22-12-16-11-17(33-10-9-28-2)7-8-21(16)29-22/h3-8,11-13,15,20,28-29,31H,9-10,14H2,1-2H3/t15?,20-/m0/s1. The second-order valence-electron chi connectivity index (χ2n) is 8.46. The van der Waals surface area contributed by atoms with Gasteiger partial charge in [0.2, 0.25) is 0 Å². The first-order valence-electron chi connectivity index (χ1n) is 11.1. The lowest BCUT2D eigenvalue weighted by molar-refractivity contribution is 0.0984. The molecule has 2 atom stereocenters. The van der Waals surface area contributed by atoms with E-state index in [2.05, 4.69) is 10.3 Å². The van der Waals surface area contributed by atoms with Gasteiger partial charge in [0.25, 0.3) is 5.91 Å². The number of H-pyrrole nitrogens is 1. The van der Waals surface area contributed by atoms with Crippen molar-refractivity contribution in [3.05, 3.63) is 65.9 Å². The van der Waals surface area contributed by atoms with Crippen LogP contribution in [-0.4, -0.2) is 48.1 Å². The highest BCUT2D eigenvalue weighted by Crippen LogP contribution is 2.47. The minimum Gasteiger partial charge on any atom is -0.507 e. The fourth-order valence-electron chi connectivity index (χ4n) is 4.66. The molecule has 1 unspecified atom stereocenters. The third kappa shape index (κ3) is 3.79. The van der Waals surface area contributed by atoms with Gasteiger partial charge in [0.1, 0.15) is 23.8 Å². The number of hydrogen-bond donors (Lipinski definition) is 3. The third-order valence-corrected chi connectivity index (χ3v) is 6.63. The van der Waals surface area contributed by atoms with Gasteiger partial charge in [-0.2, -0.15) is 0 Å². The Hall–Kier alpha value is -3.22. The van der Waals surface area contributed by atoms with Gasteiger partial charge in [-0.05, 0) is 49.2 Å². The molecule has 0 saturated carbocycles. The summed E-state index contributed by atoms with van der Waals surface area (Å²) >= 11 is 6.58. The van der Waals surface area contributed by atoms with Crippen molar-refractivity contribution in [1.82, 2.24) is 10.3 Å². The second-order valence-corrected chi connectivity index (χ2v) is 9.15. The maximum atomic E-state index is 13.6. The van der Waals surface area contributed by atoms with Crippen LogP contribution in [-0.2, 0) is 0 Å². The first kappa shape index (κ1) is 21.6. The smallest absolute Gasteiger partial charge is 0.274 e. The van der Waals surface area contributed by atoms with E-state index in [9.17, 15) is 9.90 Å². The van der Waals surface area contributed by atoms with Crippen molar-refractivity contribution in [1.29, 1.82) is 0 Å². The largest absolute Gasteiger partial charge is 0.507 e. The summed E-state index contributed by atoms with van der Waals surface area (Å²) in [7, 11) is 1.88. The number of rotatable bonds is 6. The minimum absolute atomic E-state index is 0.0346. The normalized spacial score (nSPS) is 16.3. The number of aromatic nitrogens is 1. The Kier molecular flexibility index (Phi) is 5.64. The minimum atomic E-state index is -0.172. The molecule has 2 heterocycles. The number of halogens is 1. The molecule has 0 spiro atoms. The number of amides is 1. The second kappa shape index (κ2) is 8.61. The van der Waals surface area contributed by atoms with E-state index in [0.29, 0.717) is 24.5 Å². The zero-order valence-electron chi connectivity index (χ0n) is 18.6. The highest BCUT2D eigenvalue weighted by Gasteiger charge is 2.37. The van der Waals surface area contributed by atoms with Crippen LogP contribution in [0.2, 0.25) is 0 Å². The molecule has 0 fully saturated rings. The highest BCUT2D eigenvalue weighted by molar-refractivity contribution is 6.22. The molecule has 0 radical (unpaired) electrons. The van der Waals surface area contributed by atoms with Crippen molar-refractivity contribution in [3.8, 4) is 11.5 Å². The number of aromatic hydroxyl groups is 1. The number of alkyl halides is 1. The predicted molar refractivity (Wildman–Crippen MR) is 133 cm³/mol. The quantitative estimate of drug-likeness (QED) is 0.278. The maximum absolute atomic E-state index is 13.6. The molecule has 1 amide bonds. The number of nitrogens with one attached hydrogen (secondary N) is 2. The van der Waals surface area contributed by atoms with Gasteiger partial charge in [0, 0.05) is 46.7 Å². The number of fused-ring (bicyclic) bond motifs is 4. The number of carbonyl (C=O) groups excluding carboxylic acids is 1. The van der Waals surface area contributed by atoms with E-state index >= 15 is 0 Å². The van der Waals surface area contributed by atoms with Crippen LogP contribution in [0.5, 0.6) is 11.5 Å². The van der Waals surface area contributed by atoms with Crippen LogP contribution >= 0.6 is 11.6 Å². The fraction of sp³-hybridized carbons (Fsp3) is 0.269. The molecular weight excluding hydrogens is 438 g/mol. The lowest BCUT2D eigenvalue weighted by Gasteiger charge is -2.18. The molecule has 4 aromatic rings. The highest BCUT2D eigenvalue weighted by atomic mass is 35.5. The lowest BCUT2D eigenvalue weighted by atomic mass is 9.92. The monoisotopic (exact) mass is 463 g/mol. The zero-order valence-corrected chi connectivity index (χ0v) is 19.3. The molecule has 1 aliphatic heterocycles. The van der Waals surface area contributed by atoms with Gasteiger partial charge in [-0.25, -0.2) is 0 Å². The Morgan fingerprint density at radius 1 is 1.24 bits per heavy atom. The van der Waals surface area contributed by atoms with Gasteiger partial charge in [-0.15, -0.1) is 11.6 Å². The van der Waals surface area contributed by atoms with Crippen molar-refractivity contribution in [2.45, 2.75) is 18.2 Å². The average molecular weight is 464 g/mol. The average Bonchev–Trinajstić information content (AvgIpc) is 3.41. The zero-order chi connectivity index (χ0) is 23.1. The number of likely N-dealkylation sites (N-methyl/N-ethyl adjacent to an activating group) is 1. The van der Waals surface area contributed by atoms with E-state index in [0.717, 1.165) is 39.5 Å². The summed E-state index contributed by atoms with van der Waals surface area (Å²) in [6.45, 7) is 3.73. The van der Waals surface area contributed by atoms with Crippen LogP contribution in [0.25, 0.3) is 21.7 Å². The number of benzene rings is 3. The summed E-state index contributed by atoms with van der Waals surface area (Å²) in [6, 6.07) is 17.0. The van der Waals surface area contributed by atoms with Crippen LogP contribution in [0.3, 0.4) is 0 Å². The van der Waals surface area contributed by atoms with E-state index in [1.807, 2.05) is 62.5 Å².